The van der Waals surface area contributed by atoms with Crippen molar-refractivity contribution in [3.8, 4) is 5.75 Å². The first-order chi connectivity index (χ1) is 12.6. The van der Waals surface area contributed by atoms with Crippen LogP contribution in [0.5, 0.6) is 5.75 Å². The summed E-state index contributed by atoms with van der Waals surface area (Å²) < 4.78 is 44.8. The zero-order valence-corrected chi connectivity index (χ0v) is 14.0. The van der Waals surface area contributed by atoms with Gasteiger partial charge >= 0.3 is 12.3 Å². The highest BCUT2D eigenvalue weighted by Gasteiger charge is 2.31. The van der Waals surface area contributed by atoms with Crippen molar-refractivity contribution >= 4 is 23.3 Å². The third-order valence-electron chi connectivity index (χ3n) is 3.19. The average Bonchev–Trinajstić information content (AvgIpc) is 2.59. The van der Waals surface area contributed by atoms with Crippen LogP contribution in [0.3, 0.4) is 0 Å². The lowest BCUT2D eigenvalue weighted by molar-refractivity contribution is -0.274. The minimum absolute atomic E-state index is 0.0293. The molecule has 0 bridgehead atoms. The van der Waals surface area contributed by atoms with Gasteiger partial charge in [0, 0.05) is 18.2 Å². The van der Waals surface area contributed by atoms with Crippen LogP contribution in [-0.4, -0.2) is 30.6 Å². The highest BCUT2D eigenvalue weighted by atomic mass is 19.4. The largest absolute Gasteiger partial charge is 0.573 e. The monoisotopic (exact) mass is 381 g/mol. The van der Waals surface area contributed by atoms with Crippen molar-refractivity contribution in [2.45, 2.75) is 13.3 Å². The number of ketones is 1. The van der Waals surface area contributed by atoms with Crippen molar-refractivity contribution in [2.24, 2.45) is 0 Å². The maximum absolute atomic E-state index is 12.1. The van der Waals surface area contributed by atoms with E-state index >= 15 is 0 Å². The molecule has 0 aliphatic rings. The Morgan fingerprint density at radius 3 is 2.00 bits per heavy atom. The van der Waals surface area contributed by atoms with Crippen LogP contribution in [0, 0.1) is 0 Å². The van der Waals surface area contributed by atoms with Gasteiger partial charge in [0.25, 0.3) is 0 Å². The number of alkyl halides is 3. The average molecular weight is 381 g/mol. The van der Waals surface area contributed by atoms with E-state index in [1.807, 2.05) is 0 Å². The van der Waals surface area contributed by atoms with Crippen molar-refractivity contribution in [1.29, 1.82) is 0 Å². The van der Waals surface area contributed by atoms with Crippen molar-refractivity contribution in [2.75, 3.05) is 11.9 Å². The summed E-state index contributed by atoms with van der Waals surface area (Å²) in [6.07, 6.45) is -4.83. The van der Waals surface area contributed by atoms with Gasteiger partial charge in [0.05, 0.1) is 5.56 Å². The lowest BCUT2D eigenvalue weighted by atomic mass is 10.1. The molecule has 2 aromatic rings. The predicted molar refractivity (Wildman–Crippen MR) is 88.5 cm³/mol. The molecule has 0 aromatic heterocycles. The number of rotatable bonds is 6. The fraction of sp³-hybridized carbons (Fsp3) is 0.167. The Morgan fingerprint density at radius 1 is 0.926 bits per heavy atom. The Balaban J connectivity index is 1.90. The van der Waals surface area contributed by atoms with E-state index in [1.54, 1.807) is 0 Å². The second kappa shape index (κ2) is 8.35. The Kier molecular flexibility index (Phi) is 6.17. The third-order valence-corrected chi connectivity index (χ3v) is 3.19. The van der Waals surface area contributed by atoms with E-state index in [2.05, 4.69) is 10.1 Å². The molecule has 1 amide bonds. The van der Waals surface area contributed by atoms with E-state index in [0.717, 1.165) is 24.3 Å². The molecule has 0 saturated carbocycles. The summed E-state index contributed by atoms with van der Waals surface area (Å²) in [6.45, 7) is 0.805. The summed E-state index contributed by atoms with van der Waals surface area (Å²) in [5.41, 5.74) is 0.751. The number of amides is 1. The van der Waals surface area contributed by atoms with Gasteiger partial charge in [-0.25, -0.2) is 4.79 Å². The van der Waals surface area contributed by atoms with Crippen molar-refractivity contribution in [1.82, 2.24) is 0 Å². The maximum Gasteiger partial charge on any atom is 0.573 e. The zero-order valence-electron chi connectivity index (χ0n) is 14.0. The van der Waals surface area contributed by atoms with E-state index in [4.69, 9.17) is 4.74 Å². The van der Waals surface area contributed by atoms with Crippen LogP contribution in [0.25, 0.3) is 0 Å². The second-order valence-electron chi connectivity index (χ2n) is 5.33. The van der Waals surface area contributed by atoms with Gasteiger partial charge in [-0.1, -0.05) is 0 Å². The fourth-order valence-corrected chi connectivity index (χ4v) is 2.03. The van der Waals surface area contributed by atoms with Gasteiger partial charge in [0.2, 0.25) is 5.91 Å². The molecule has 2 aromatic carbocycles. The molecule has 0 saturated heterocycles. The first-order valence-electron chi connectivity index (χ1n) is 7.58. The van der Waals surface area contributed by atoms with Gasteiger partial charge in [-0.2, -0.15) is 0 Å². The first kappa shape index (κ1) is 20.0. The Hall–Kier alpha value is -3.36. The molecule has 0 radical (unpaired) electrons. The number of hydrogen-bond donors (Lipinski definition) is 1. The minimum atomic E-state index is -4.83. The molecule has 6 nitrogen and oxygen atoms in total. The van der Waals surface area contributed by atoms with Crippen molar-refractivity contribution in [3.63, 3.8) is 0 Å². The van der Waals surface area contributed by atoms with Gasteiger partial charge in [-0.05, 0) is 48.5 Å². The van der Waals surface area contributed by atoms with Crippen LogP contribution in [0.4, 0.5) is 18.9 Å². The fourth-order valence-electron chi connectivity index (χ4n) is 2.03. The minimum Gasteiger partial charge on any atom is -0.454 e. The molecule has 0 aliphatic heterocycles. The molecule has 0 atom stereocenters. The molecule has 142 valence electrons. The van der Waals surface area contributed by atoms with E-state index in [-0.39, 0.29) is 17.0 Å². The molecule has 0 fully saturated rings. The number of ether oxygens (including phenoxy) is 2. The van der Waals surface area contributed by atoms with E-state index < -0.39 is 30.5 Å². The number of anilines is 1. The van der Waals surface area contributed by atoms with Crippen LogP contribution >= 0.6 is 0 Å². The van der Waals surface area contributed by atoms with Gasteiger partial charge in [-0.3, -0.25) is 9.59 Å². The van der Waals surface area contributed by atoms with Crippen LogP contribution in [-0.2, 0) is 9.53 Å². The second-order valence-corrected chi connectivity index (χ2v) is 5.33. The summed E-state index contributed by atoms with van der Waals surface area (Å²) in [6, 6.07) is 10.1. The molecule has 0 aliphatic carbocycles. The maximum atomic E-state index is 12.1. The third kappa shape index (κ3) is 6.46. The topological polar surface area (TPSA) is 81.7 Å². The van der Waals surface area contributed by atoms with Gasteiger partial charge in [-0.15, -0.1) is 13.2 Å². The summed E-state index contributed by atoms with van der Waals surface area (Å²) >= 11 is 0. The Morgan fingerprint density at radius 2 is 1.48 bits per heavy atom. The van der Waals surface area contributed by atoms with Crippen molar-refractivity contribution in [3.05, 3.63) is 59.7 Å². The van der Waals surface area contributed by atoms with Crippen molar-refractivity contribution < 1.29 is 37.0 Å². The summed E-state index contributed by atoms with van der Waals surface area (Å²) in [5, 5.41) is 2.55. The van der Waals surface area contributed by atoms with Gasteiger partial charge in [0.1, 0.15) is 5.75 Å². The summed E-state index contributed by atoms with van der Waals surface area (Å²) in [7, 11) is 0. The van der Waals surface area contributed by atoms with E-state index in [0.29, 0.717) is 5.69 Å². The normalized spacial score (nSPS) is 10.8. The summed E-state index contributed by atoms with van der Waals surface area (Å²) in [5.74, 6) is -2.07. The smallest absolute Gasteiger partial charge is 0.454 e. The molecule has 27 heavy (non-hydrogen) atoms. The van der Waals surface area contributed by atoms with Crippen LogP contribution in [0.1, 0.15) is 27.6 Å². The number of benzene rings is 2. The quantitative estimate of drug-likeness (QED) is 0.611. The number of esters is 1. The highest BCUT2D eigenvalue weighted by molar-refractivity contribution is 6.00. The van der Waals surface area contributed by atoms with Crippen LogP contribution in [0.15, 0.2) is 48.5 Å². The highest BCUT2D eigenvalue weighted by Crippen LogP contribution is 2.23. The standard InChI is InChI=1S/C18H14F3NO5/c1-11(23)22-14-6-2-12(3-7-14)16(24)10-26-17(25)13-4-8-15(9-5-13)27-18(19,20)21/h2-9H,10H2,1H3,(H,22,23). The zero-order chi connectivity index (χ0) is 20.0. The van der Waals surface area contributed by atoms with Gasteiger partial charge in [0.15, 0.2) is 12.4 Å². The predicted octanol–water partition coefficient (Wildman–Crippen LogP) is 3.58. The lowest BCUT2D eigenvalue weighted by Gasteiger charge is -2.09. The van der Waals surface area contributed by atoms with Gasteiger partial charge < -0.3 is 14.8 Å². The number of carbonyl (C=O) groups excluding carboxylic acids is 3. The molecule has 1 N–H and O–H groups in total. The first-order valence-corrected chi connectivity index (χ1v) is 7.58. The Bertz CT molecular complexity index is 830. The lowest BCUT2D eigenvalue weighted by Crippen LogP contribution is -2.17. The Labute approximate surface area is 151 Å². The molecule has 0 heterocycles. The molecule has 0 unspecified atom stereocenters. The molecular weight excluding hydrogens is 367 g/mol. The number of carbonyl (C=O) groups is 3. The molecule has 9 heteroatoms. The van der Waals surface area contributed by atoms with E-state index in [9.17, 15) is 27.6 Å². The molecule has 0 spiro atoms. The SMILES string of the molecule is CC(=O)Nc1ccc(C(=O)COC(=O)c2ccc(OC(F)(F)F)cc2)cc1. The van der Waals surface area contributed by atoms with E-state index in [1.165, 1.54) is 31.2 Å². The number of nitrogens with one attached hydrogen (secondary N) is 1. The number of halogens is 3. The molecule has 2 rings (SSSR count). The van der Waals surface area contributed by atoms with Crippen LogP contribution in [0.2, 0.25) is 0 Å². The van der Waals surface area contributed by atoms with Crippen LogP contribution < -0.4 is 10.1 Å². The number of Topliss-reactive ketones (excluding diaryl/α,β-unsaturated/α-hetero) is 1. The number of hydrogen-bond acceptors (Lipinski definition) is 5. The summed E-state index contributed by atoms with van der Waals surface area (Å²) in [4.78, 5) is 34.8. The molecular formula is C18H14F3NO5.